The fourth-order valence-electron chi connectivity index (χ4n) is 2.23. The number of carbonyl (C=O) groups excluding carboxylic acids is 2. The Balaban J connectivity index is 2.14. The summed E-state index contributed by atoms with van der Waals surface area (Å²) in [5.41, 5.74) is 1.23. The maximum atomic E-state index is 12.3. The smallest absolute Gasteiger partial charge is 0.270 e. The molecule has 6 heteroatoms. The number of nitrogens with zero attached hydrogens (tertiary/aromatic N) is 3. The minimum absolute atomic E-state index is 0.0310. The second-order valence-corrected chi connectivity index (χ2v) is 6.36. The van der Waals surface area contributed by atoms with Crippen molar-refractivity contribution in [3.8, 4) is 0 Å². The van der Waals surface area contributed by atoms with E-state index < -0.39 is 6.04 Å². The molecule has 0 aromatic carbocycles. The molecule has 1 aliphatic heterocycles. The Bertz CT molecular complexity index is 542. The van der Waals surface area contributed by atoms with Crippen molar-refractivity contribution in [2.24, 2.45) is 7.05 Å². The quantitative estimate of drug-likeness (QED) is 0.865. The Kier molecular flexibility index (Phi) is 3.58. The van der Waals surface area contributed by atoms with E-state index >= 15 is 0 Å². The molecule has 2 heterocycles. The molecule has 0 unspecified atom stereocenters. The molecular weight excluding hydrogens is 256 g/mol. The number of hydrogen-bond acceptors (Lipinski definition) is 3. The fraction of sp³-hybridized carbons (Fsp3) is 0.643. The zero-order valence-corrected chi connectivity index (χ0v) is 12.7. The second-order valence-electron chi connectivity index (χ2n) is 6.36. The van der Waals surface area contributed by atoms with Crippen molar-refractivity contribution in [3.05, 3.63) is 17.5 Å². The van der Waals surface area contributed by atoms with Gasteiger partial charge in [-0.1, -0.05) is 20.8 Å². The number of likely N-dealkylation sites (tertiary alicyclic amines) is 1. The second kappa shape index (κ2) is 4.92. The van der Waals surface area contributed by atoms with Crippen LogP contribution in [0.1, 0.15) is 43.4 Å². The first-order chi connectivity index (χ1) is 9.20. The Morgan fingerprint density at radius 2 is 2.05 bits per heavy atom. The van der Waals surface area contributed by atoms with Gasteiger partial charge < -0.3 is 10.2 Å². The predicted molar refractivity (Wildman–Crippen MR) is 75.4 cm³/mol. The average Bonchev–Trinajstić information content (AvgIpc) is 2.86. The van der Waals surface area contributed by atoms with E-state index in [0.717, 1.165) is 5.69 Å². The van der Waals surface area contributed by atoms with Crippen molar-refractivity contribution in [1.29, 1.82) is 0 Å². The average molecular weight is 278 g/mol. The van der Waals surface area contributed by atoms with Gasteiger partial charge in [0.05, 0.1) is 5.69 Å². The van der Waals surface area contributed by atoms with Gasteiger partial charge in [-0.25, -0.2) is 0 Å². The summed E-state index contributed by atoms with van der Waals surface area (Å²) in [6, 6.07) is 1.37. The summed E-state index contributed by atoms with van der Waals surface area (Å²) < 4.78 is 1.57. The fourth-order valence-corrected chi connectivity index (χ4v) is 2.23. The van der Waals surface area contributed by atoms with Crippen LogP contribution in [0.2, 0.25) is 0 Å². The zero-order chi connectivity index (χ0) is 15.1. The SMILES string of the molecule is CN1CC[C@H](NC(=O)c2cc(C(C)(C)C)nn2C)C1=O. The number of hydrogen-bond donors (Lipinski definition) is 1. The van der Waals surface area contributed by atoms with Crippen LogP contribution in [0.15, 0.2) is 6.07 Å². The standard InChI is InChI=1S/C14H22N4O2/c1-14(2,3)11-8-10(18(5)16-11)12(19)15-9-6-7-17(4)13(9)20/h8-9H,6-7H2,1-5H3,(H,15,19)/t9-/m0/s1. The highest BCUT2D eigenvalue weighted by molar-refractivity contribution is 5.96. The summed E-state index contributed by atoms with van der Waals surface area (Å²) in [7, 11) is 3.49. The molecule has 1 aliphatic rings. The van der Waals surface area contributed by atoms with E-state index in [0.29, 0.717) is 18.7 Å². The van der Waals surface area contributed by atoms with Gasteiger partial charge in [-0.3, -0.25) is 14.3 Å². The molecule has 20 heavy (non-hydrogen) atoms. The molecule has 0 aliphatic carbocycles. The third kappa shape index (κ3) is 2.69. The van der Waals surface area contributed by atoms with Crippen molar-refractivity contribution in [2.75, 3.05) is 13.6 Å². The first kappa shape index (κ1) is 14.6. The molecule has 0 spiro atoms. The van der Waals surface area contributed by atoms with Crippen LogP contribution in [0, 0.1) is 0 Å². The van der Waals surface area contributed by atoms with Crippen LogP contribution >= 0.6 is 0 Å². The van der Waals surface area contributed by atoms with E-state index in [1.54, 1.807) is 29.7 Å². The highest BCUT2D eigenvalue weighted by Crippen LogP contribution is 2.21. The van der Waals surface area contributed by atoms with E-state index in [1.807, 2.05) is 20.8 Å². The van der Waals surface area contributed by atoms with Gasteiger partial charge in [0.25, 0.3) is 5.91 Å². The third-order valence-corrected chi connectivity index (χ3v) is 3.61. The van der Waals surface area contributed by atoms with Crippen LogP contribution < -0.4 is 5.32 Å². The van der Waals surface area contributed by atoms with Crippen molar-refractivity contribution in [3.63, 3.8) is 0 Å². The lowest BCUT2D eigenvalue weighted by atomic mass is 9.92. The maximum absolute atomic E-state index is 12.3. The van der Waals surface area contributed by atoms with Gasteiger partial charge in [-0.2, -0.15) is 5.10 Å². The van der Waals surface area contributed by atoms with Crippen LogP contribution in [0.25, 0.3) is 0 Å². The molecule has 1 aromatic rings. The van der Waals surface area contributed by atoms with E-state index in [1.165, 1.54) is 0 Å². The Labute approximate surface area is 119 Å². The molecule has 1 atom stereocenters. The van der Waals surface area contributed by atoms with Gasteiger partial charge >= 0.3 is 0 Å². The first-order valence-electron chi connectivity index (χ1n) is 6.80. The van der Waals surface area contributed by atoms with Gasteiger partial charge in [0.1, 0.15) is 11.7 Å². The summed E-state index contributed by atoms with van der Waals surface area (Å²) >= 11 is 0. The number of carbonyl (C=O) groups is 2. The van der Waals surface area contributed by atoms with Crippen LogP contribution in [-0.4, -0.2) is 46.1 Å². The van der Waals surface area contributed by atoms with Crippen LogP contribution in [-0.2, 0) is 17.3 Å². The molecule has 1 saturated heterocycles. The van der Waals surface area contributed by atoms with Gasteiger partial charge in [-0.05, 0) is 12.5 Å². The van der Waals surface area contributed by atoms with Crippen molar-refractivity contribution < 1.29 is 9.59 Å². The lowest BCUT2D eigenvalue weighted by molar-refractivity contribution is -0.128. The number of amides is 2. The van der Waals surface area contributed by atoms with Gasteiger partial charge in [-0.15, -0.1) is 0 Å². The summed E-state index contributed by atoms with van der Waals surface area (Å²) in [6.45, 7) is 6.83. The largest absolute Gasteiger partial charge is 0.344 e. The summed E-state index contributed by atoms with van der Waals surface area (Å²) in [6.07, 6.45) is 0.658. The Morgan fingerprint density at radius 3 is 2.50 bits per heavy atom. The molecule has 110 valence electrons. The van der Waals surface area contributed by atoms with Gasteiger partial charge in [0.15, 0.2) is 0 Å². The van der Waals surface area contributed by atoms with Crippen molar-refractivity contribution in [2.45, 2.75) is 38.6 Å². The van der Waals surface area contributed by atoms with Crippen LogP contribution in [0.4, 0.5) is 0 Å². The van der Waals surface area contributed by atoms with E-state index in [9.17, 15) is 9.59 Å². The molecule has 6 nitrogen and oxygen atoms in total. The normalized spacial score (nSPS) is 19.6. The number of nitrogens with one attached hydrogen (secondary N) is 1. The molecule has 1 N–H and O–H groups in total. The Morgan fingerprint density at radius 1 is 1.40 bits per heavy atom. The zero-order valence-electron chi connectivity index (χ0n) is 12.7. The topological polar surface area (TPSA) is 67.2 Å². The summed E-state index contributed by atoms with van der Waals surface area (Å²) in [5, 5.41) is 7.16. The summed E-state index contributed by atoms with van der Waals surface area (Å²) in [4.78, 5) is 25.7. The number of aryl methyl sites for hydroxylation is 1. The molecule has 1 aromatic heterocycles. The molecule has 2 amide bonds. The van der Waals surface area contributed by atoms with Crippen molar-refractivity contribution >= 4 is 11.8 Å². The van der Waals surface area contributed by atoms with Gasteiger partial charge in [0, 0.05) is 26.1 Å². The van der Waals surface area contributed by atoms with Crippen LogP contribution in [0.3, 0.4) is 0 Å². The highest BCUT2D eigenvalue weighted by atomic mass is 16.2. The highest BCUT2D eigenvalue weighted by Gasteiger charge is 2.31. The summed E-state index contributed by atoms with van der Waals surface area (Å²) in [5.74, 6) is -0.277. The lowest BCUT2D eigenvalue weighted by Gasteiger charge is -2.13. The molecule has 2 rings (SSSR count). The molecule has 1 fully saturated rings. The first-order valence-corrected chi connectivity index (χ1v) is 6.80. The number of likely N-dealkylation sites (N-methyl/N-ethyl adjacent to an activating group) is 1. The maximum Gasteiger partial charge on any atom is 0.270 e. The van der Waals surface area contributed by atoms with E-state index in [2.05, 4.69) is 10.4 Å². The minimum atomic E-state index is -0.416. The molecule has 0 bridgehead atoms. The monoisotopic (exact) mass is 278 g/mol. The van der Waals surface area contributed by atoms with Crippen molar-refractivity contribution in [1.82, 2.24) is 20.0 Å². The molecular formula is C14H22N4O2. The van der Waals surface area contributed by atoms with Gasteiger partial charge in [0.2, 0.25) is 5.91 Å². The minimum Gasteiger partial charge on any atom is -0.344 e. The number of aromatic nitrogens is 2. The van der Waals surface area contributed by atoms with E-state index in [4.69, 9.17) is 0 Å². The predicted octanol–water partition coefficient (Wildman–Crippen LogP) is 0.678. The third-order valence-electron chi connectivity index (χ3n) is 3.61. The Hall–Kier alpha value is -1.85. The van der Waals surface area contributed by atoms with E-state index in [-0.39, 0.29) is 17.2 Å². The molecule has 0 saturated carbocycles. The van der Waals surface area contributed by atoms with Crippen LogP contribution in [0.5, 0.6) is 0 Å². The number of rotatable bonds is 2. The lowest BCUT2D eigenvalue weighted by Crippen LogP contribution is -2.41. The molecule has 0 radical (unpaired) electrons.